The molecule has 55 heavy (non-hydrogen) atoms. The summed E-state index contributed by atoms with van der Waals surface area (Å²) in [7, 11) is 0. The summed E-state index contributed by atoms with van der Waals surface area (Å²) in [6.45, 7) is 2.59. The van der Waals surface area contributed by atoms with Crippen molar-refractivity contribution >= 4 is 5.91 Å². The first-order valence-corrected chi connectivity index (χ1v) is 21.8. The quantitative estimate of drug-likeness (QED) is 0.0445. The van der Waals surface area contributed by atoms with Gasteiger partial charge in [0, 0.05) is 6.42 Å². The van der Waals surface area contributed by atoms with E-state index in [2.05, 4.69) is 12.2 Å². The van der Waals surface area contributed by atoms with Gasteiger partial charge in [-0.1, -0.05) is 142 Å². The van der Waals surface area contributed by atoms with Gasteiger partial charge in [0.1, 0.15) is 48.8 Å². The Labute approximate surface area is 330 Å². The summed E-state index contributed by atoms with van der Waals surface area (Å²) in [5, 5.41) is 85.8. The van der Waals surface area contributed by atoms with Crippen LogP contribution in [0.5, 0.6) is 0 Å². The Morgan fingerprint density at radius 3 is 1.53 bits per heavy atom. The summed E-state index contributed by atoms with van der Waals surface area (Å²) in [5.74, 6) is -0.242. The first kappa shape index (κ1) is 50.1. The van der Waals surface area contributed by atoms with Gasteiger partial charge < -0.3 is 65.1 Å². The van der Waals surface area contributed by atoms with Crippen molar-refractivity contribution in [3.8, 4) is 0 Å². The summed E-state index contributed by atoms with van der Waals surface area (Å²) >= 11 is 0. The van der Waals surface area contributed by atoms with E-state index in [1.54, 1.807) is 0 Å². The molecule has 0 saturated carbocycles. The fourth-order valence-corrected chi connectivity index (χ4v) is 7.39. The predicted molar refractivity (Wildman–Crippen MR) is 208 cm³/mol. The number of nitrogens with one attached hydrogen (secondary N) is 1. The Bertz CT molecular complexity index is 946. The van der Waals surface area contributed by atoms with Crippen LogP contribution in [0.3, 0.4) is 0 Å². The monoisotopic (exact) mass is 794 g/mol. The number of carbonyl (C=O) groups is 1. The van der Waals surface area contributed by atoms with Crippen molar-refractivity contribution < 1.29 is 64.6 Å². The van der Waals surface area contributed by atoms with Gasteiger partial charge in [-0.15, -0.1) is 0 Å². The third kappa shape index (κ3) is 19.1. The summed E-state index contributed by atoms with van der Waals surface area (Å²) in [4.78, 5) is 12.7. The van der Waals surface area contributed by atoms with Crippen molar-refractivity contribution in [3.05, 3.63) is 0 Å². The van der Waals surface area contributed by atoms with Crippen molar-refractivity contribution in [2.45, 2.75) is 235 Å². The topological polar surface area (TPSA) is 228 Å². The molecule has 0 aromatic carbocycles. The lowest BCUT2D eigenvalue weighted by molar-refractivity contribution is -0.359. The molecule has 0 bridgehead atoms. The van der Waals surface area contributed by atoms with Gasteiger partial charge >= 0.3 is 0 Å². The molecule has 1 amide bonds. The average Bonchev–Trinajstić information content (AvgIpc) is 3.18. The van der Waals surface area contributed by atoms with Crippen LogP contribution in [0.1, 0.15) is 162 Å². The van der Waals surface area contributed by atoms with Crippen LogP contribution in [-0.4, -0.2) is 140 Å². The molecule has 0 radical (unpaired) electrons. The third-order valence-corrected chi connectivity index (χ3v) is 11.1. The second kappa shape index (κ2) is 30.1. The van der Waals surface area contributed by atoms with Crippen LogP contribution in [0.2, 0.25) is 0 Å². The predicted octanol–water partition coefficient (Wildman–Crippen LogP) is 3.48. The van der Waals surface area contributed by atoms with Gasteiger partial charge in [-0.05, 0) is 12.8 Å². The molecular formula is C41H79NO13. The second-order valence-corrected chi connectivity index (χ2v) is 15.8. The number of aliphatic hydroxyl groups excluding tert-OH is 8. The fourth-order valence-electron chi connectivity index (χ4n) is 7.39. The Kier molecular flexibility index (Phi) is 27.4. The molecule has 14 nitrogen and oxygen atoms in total. The van der Waals surface area contributed by atoms with Gasteiger partial charge in [0.2, 0.25) is 5.91 Å². The first-order chi connectivity index (χ1) is 26.6. The number of aliphatic hydroxyl groups is 8. The van der Waals surface area contributed by atoms with Crippen molar-refractivity contribution in [2.24, 2.45) is 0 Å². The zero-order chi connectivity index (χ0) is 40.4. The number of hydrogen-bond donors (Lipinski definition) is 9. The fraction of sp³-hybridized carbons (Fsp3) is 0.976. The molecule has 0 spiro atoms. The van der Waals surface area contributed by atoms with Crippen molar-refractivity contribution in [3.63, 3.8) is 0 Å². The number of amides is 1. The lowest BCUT2D eigenvalue weighted by Crippen LogP contribution is -2.65. The molecule has 2 heterocycles. The van der Waals surface area contributed by atoms with Crippen LogP contribution in [0, 0.1) is 0 Å². The summed E-state index contributed by atoms with van der Waals surface area (Å²) < 4.78 is 22.5. The first-order valence-electron chi connectivity index (χ1n) is 21.8. The maximum Gasteiger partial charge on any atom is 0.220 e. The minimum absolute atomic E-state index is 0.242. The van der Waals surface area contributed by atoms with Gasteiger partial charge in [-0.3, -0.25) is 4.79 Å². The Balaban J connectivity index is 1.72. The van der Waals surface area contributed by atoms with E-state index in [1.165, 1.54) is 96.3 Å². The number of carbonyl (C=O) groups excluding carboxylic acids is 1. The smallest absolute Gasteiger partial charge is 0.220 e. The molecular weight excluding hydrogens is 714 g/mol. The Hall–Kier alpha value is -1.01. The number of hydrogen-bond acceptors (Lipinski definition) is 13. The Morgan fingerprint density at radius 2 is 1.04 bits per heavy atom. The highest BCUT2D eigenvalue weighted by atomic mass is 16.7. The number of ether oxygens (including phenoxy) is 4. The maximum atomic E-state index is 12.7. The van der Waals surface area contributed by atoms with Crippen molar-refractivity contribution in [2.75, 3.05) is 19.8 Å². The largest absolute Gasteiger partial charge is 0.394 e. The normalized spacial score (nSPS) is 29.6. The van der Waals surface area contributed by atoms with Crippen molar-refractivity contribution in [1.82, 2.24) is 5.32 Å². The average molecular weight is 794 g/mol. The van der Waals surface area contributed by atoms with Crippen LogP contribution in [0.25, 0.3) is 0 Å². The number of unbranched alkanes of at least 4 members (excludes halogenated alkanes) is 19. The van der Waals surface area contributed by atoms with Crippen LogP contribution < -0.4 is 5.32 Å². The van der Waals surface area contributed by atoms with Crippen LogP contribution in [0.4, 0.5) is 0 Å². The van der Waals surface area contributed by atoms with Gasteiger partial charge in [-0.2, -0.15) is 0 Å². The molecule has 2 aliphatic heterocycles. The molecule has 0 aromatic rings. The van der Waals surface area contributed by atoms with Gasteiger partial charge in [0.25, 0.3) is 0 Å². The van der Waals surface area contributed by atoms with E-state index in [0.29, 0.717) is 12.8 Å². The van der Waals surface area contributed by atoms with E-state index in [4.69, 9.17) is 18.9 Å². The molecule has 9 N–H and O–H groups in total. The molecule has 2 aliphatic rings. The highest BCUT2D eigenvalue weighted by Gasteiger charge is 2.50. The highest BCUT2D eigenvalue weighted by Crippen LogP contribution is 2.30. The van der Waals surface area contributed by atoms with E-state index in [0.717, 1.165) is 32.1 Å². The maximum absolute atomic E-state index is 12.7. The molecule has 0 aromatic heterocycles. The van der Waals surface area contributed by atoms with Gasteiger partial charge in [-0.25, -0.2) is 0 Å². The molecule has 14 heteroatoms. The van der Waals surface area contributed by atoms with Crippen molar-refractivity contribution in [1.29, 1.82) is 0 Å². The minimum atomic E-state index is -1.78. The third-order valence-electron chi connectivity index (χ3n) is 11.1. The number of rotatable bonds is 32. The lowest BCUT2D eigenvalue weighted by Gasteiger charge is -2.46. The van der Waals surface area contributed by atoms with E-state index in [1.807, 2.05) is 6.92 Å². The molecule has 2 saturated heterocycles. The van der Waals surface area contributed by atoms with E-state index in [-0.39, 0.29) is 18.9 Å². The molecule has 326 valence electrons. The van der Waals surface area contributed by atoms with E-state index < -0.39 is 86.8 Å². The van der Waals surface area contributed by atoms with Crippen LogP contribution >= 0.6 is 0 Å². The minimum Gasteiger partial charge on any atom is -0.394 e. The molecule has 12 unspecified atom stereocenters. The van der Waals surface area contributed by atoms with Crippen LogP contribution in [0.15, 0.2) is 0 Å². The molecule has 2 rings (SSSR count). The van der Waals surface area contributed by atoms with Gasteiger partial charge in [0.15, 0.2) is 12.6 Å². The van der Waals surface area contributed by atoms with E-state index in [9.17, 15) is 45.6 Å². The Morgan fingerprint density at radius 1 is 0.582 bits per heavy atom. The zero-order valence-corrected chi connectivity index (χ0v) is 33.9. The summed E-state index contributed by atoms with van der Waals surface area (Å²) in [6.07, 6.45) is 9.70. The molecule has 2 fully saturated rings. The zero-order valence-electron chi connectivity index (χ0n) is 33.9. The summed E-state index contributed by atoms with van der Waals surface area (Å²) in [6, 6.07) is -0.816. The molecule has 0 aliphatic carbocycles. The van der Waals surface area contributed by atoms with Crippen LogP contribution in [-0.2, 0) is 23.7 Å². The highest BCUT2D eigenvalue weighted by molar-refractivity contribution is 5.76. The second-order valence-electron chi connectivity index (χ2n) is 15.8. The summed E-state index contributed by atoms with van der Waals surface area (Å²) in [5.41, 5.74) is 0. The lowest BCUT2D eigenvalue weighted by atomic mass is 9.97. The van der Waals surface area contributed by atoms with E-state index >= 15 is 0 Å². The molecule has 12 atom stereocenters. The van der Waals surface area contributed by atoms with Gasteiger partial charge in [0.05, 0.1) is 32.0 Å². The SMILES string of the molecule is CCCCCCCCCCCCCCCCCCCCCC(O)C(COC1OC(CO)C(OC2OC(CO)C(O)C(O)C2O)C(O)C1O)NC(=O)CCCC. The standard InChI is InChI=1S/C41H79NO13/c1-3-5-7-8-9-10-11-12-13-14-15-16-17-18-19-20-21-22-23-24-30(45)29(42-33(46)25-6-4-2)28-52-40-38(51)36(49)39(32(27-44)54-40)55-41-37(50)35(48)34(47)31(26-43)53-41/h29-32,34-41,43-45,47-51H,3-28H2,1-2H3,(H,42,46).